The third-order valence-corrected chi connectivity index (χ3v) is 2.41. The molecular weight excluding hydrogens is 248 g/mol. The largest absolute Gasteiger partial charge is 0.481 e. The topological polar surface area (TPSA) is 94.8 Å². The van der Waals surface area contributed by atoms with Crippen LogP contribution in [0.4, 0.5) is 5.69 Å². The number of rotatable bonds is 6. The van der Waals surface area contributed by atoms with E-state index in [9.17, 15) is 4.79 Å². The maximum Gasteiger partial charge on any atom is 0.224 e. The molecule has 0 atom stereocenters. The van der Waals surface area contributed by atoms with Crippen molar-refractivity contribution in [2.45, 2.75) is 19.4 Å². The van der Waals surface area contributed by atoms with Crippen LogP contribution < -0.4 is 10.1 Å². The molecule has 2 rings (SSSR count). The Morgan fingerprint density at radius 3 is 3.00 bits per heavy atom. The summed E-state index contributed by atoms with van der Waals surface area (Å²) in [6, 6.07) is 3.43. The van der Waals surface area contributed by atoms with E-state index in [0.29, 0.717) is 31.0 Å². The van der Waals surface area contributed by atoms with Gasteiger partial charge in [-0.25, -0.2) is 9.67 Å². The molecular formula is C11H14N6O2. The third kappa shape index (κ3) is 4.02. The Hall–Kier alpha value is -2.51. The van der Waals surface area contributed by atoms with Gasteiger partial charge < -0.3 is 10.1 Å². The van der Waals surface area contributed by atoms with Gasteiger partial charge in [-0.05, 0) is 22.9 Å². The number of ether oxygens (including phenoxy) is 1. The molecule has 0 aliphatic rings. The summed E-state index contributed by atoms with van der Waals surface area (Å²) in [5, 5.41) is 13.5. The van der Waals surface area contributed by atoms with Crippen molar-refractivity contribution in [3.8, 4) is 5.88 Å². The lowest BCUT2D eigenvalue weighted by Gasteiger charge is -2.05. The molecule has 0 bridgehead atoms. The number of methoxy groups -OCH3 is 1. The highest BCUT2D eigenvalue weighted by atomic mass is 16.5. The van der Waals surface area contributed by atoms with Crippen LogP contribution in [0, 0.1) is 0 Å². The molecule has 2 heterocycles. The van der Waals surface area contributed by atoms with Gasteiger partial charge in [0.05, 0.1) is 19.0 Å². The molecule has 0 saturated carbocycles. The van der Waals surface area contributed by atoms with Crippen LogP contribution in [0.1, 0.15) is 12.8 Å². The summed E-state index contributed by atoms with van der Waals surface area (Å²) in [7, 11) is 1.54. The summed E-state index contributed by atoms with van der Waals surface area (Å²) in [5.41, 5.74) is 0.647. The van der Waals surface area contributed by atoms with Crippen LogP contribution in [-0.4, -0.2) is 38.2 Å². The summed E-state index contributed by atoms with van der Waals surface area (Å²) >= 11 is 0. The van der Waals surface area contributed by atoms with E-state index >= 15 is 0 Å². The number of carbonyl (C=O) groups excluding carboxylic acids is 1. The summed E-state index contributed by atoms with van der Waals surface area (Å²) in [6.45, 7) is 0.612. The number of nitrogens with zero attached hydrogens (tertiary/aromatic N) is 5. The van der Waals surface area contributed by atoms with Gasteiger partial charge in [0.1, 0.15) is 6.33 Å². The first-order chi connectivity index (χ1) is 9.28. The van der Waals surface area contributed by atoms with E-state index in [4.69, 9.17) is 4.74 Å². The average Bonchev–Trinajstić information content (AvgIpc) is 2.93. The minimum Gasteiger partial charge on any atom is -0.481 e. The van der Waals surface area contributed by atoms with E-state index in [0.717, 1.165) is 0 Å². The van der Waals surface area contributed by atoms with E-state index in [1.54, 1.807) is 30.1 Å². The van der Waals surface area contributed by atoms with Crippen LogP contribution in [0.25, 0.3) is 0 Å². The Morgan fingerprint density at radius 2 is 2.37 bits per heavy atom. The van der Waals surface area contributed by atoms with Crippen LogP contribution in [-0.2, 0) is 11.3 Å². The molecule has 100 valence electrons. The molecule has 1 N–H and O–H groups in total. The SMILES string of the molecule is COc1ccc(NC(=O)CCCn2cnnn2)cn1. The summed E-state index contributed by atoms with van der Waals surface area (Å²) in [4.78, 5) is 15.7. The van der Waals surface area contributed by atoms with Crippen LogP contribution in [0.3, 0.4) is 0 Å². The second-order valence-corrected chi connectivity index (χ2v) is 3.81. The number of nitrogens with one attached hydrogen (secondary N) is 1. The van der Waals surface area contributed by atoms with Crippen molar-refractivity contribution >= 4 is 11.6 Å². The number of anilines is 1. The number of aromatic nitrogens is 5. The predicted molar refractivity (Wildman–Crippen MR) is 66.5 cm³/mol. The van der Waals surface area contributed by atoms with E-state index in [-0.39, 0.29) is 5.91 Å². The standard InChI is InChI=1S/C11H14N6O2/c1-19-11-5-4-9(7-12-11)14-10(18)3-2-6-17-8-13-15-16-17/h4-5,7-8H,2-3,6H2,1H3,(H,14,18). The van der Waals surface area contributed by atoms with Crippen molar-refractivity contribution in [3.05, 3.63) is 24.7 Å². The predicted octanol–water partition coefficient (Wildman–Crippen LogP) is 0.496. The Balaban J connectivity index is 1.74. The second-order valence-electron chi connectivity index (χ2n) is 3.81. The fraction of sp³-hybridized carbons (Fsp3) is 0.364. The van der Waals surface area contributed by atoms with E-state index in [1.165, 1.54) is 6.33 Å². The molecule has 0 aliphatic heterocycles. The highest BCUT2D eigenvalue weighted by Gasteiger charge is 2.03. The molecule has 8 heteroatoms. The van der Waals surface area contributed by atoms with Crippen molar-refractivity contribution in [2.24, 2.45) is 0 Å². The van der Waals surface area contributed by atoms with Gasteiger partial charge in [-0.2, -0.15) is 0 Å². The fourth-order valence-electron chi connectivity index (χ4n) is 1.48. The van der Waals surface area contributed by atoms with Gasteiger partial charge in [-0.1, -0.05) is 0 Å². The Labute approximate surface area is 109 Å². The smallest absolute Gasteiger partial charge is 0.224 e. The number of hydrogen-bond donors (Lipinski definition) is 1. The Bertz CT molecular complexity index is 510. The van der Waals surface area contributed by atoms with Crippen LogP contribution >= 0.6 is 0 Å². The lowest BCUT2D eigenvalue weighted by molar-refractivity contribution is -0.116. The van der Waals surface area contributed by atoms with E-state index in [1.807, 2.05) is 0 Å². The Morgan fingerprint density at radius 1 is 1.47 bits per heavy atom. The molecule has 2 aromatic rings. The molecule has 0 aliphatic carbocycles. The van der Waals surface area contributed by atoms with Crippen molar-refractivity contribution in [2.75, 3.05) is 12.4 Å². The molecule has 0 fully saturated rings. The molecule has 0 saturated heterocycles. The van der Waals surface area contributed by atoms with E-state index < -0.39 is 0 Å². The first-order valence-electron chi connectivity index (χ1n) is 5.78. The molecule has 0 unspecified atom stereocenters. The van der Waals surface area contributed by atoms with Crippen molar-refractivity contribution in [1.29, 1.82) is 0 Å². The van der Waals surface area contributed by atoms with Crippen LogP contribution in [0.15, 0.2) is 24.7 Å². The molecule has 1 amide bonds. The average molecular weight is 262 g/mol. The summed E-state index contributed by atoms with van der Waals surface area (Å²) in [6.07, 6.45) is 4.13. The minimum absolute atomic E-state index is 0.0694. The van der Waals surface area contributed by atoms with Gasteiger partial charge in [0.25, 0.3) is 0 Å². The monoisotopic (exact) mass is 262 g/mol. The maximum atomic E-state index is 11.7. The van der Waals surface area contributed by atoms with Crippen molar-refractivity contribution < 1.29 is 9.53 Å². The van der Waals surface area contributed by atoms with Crippen molar-refractivity contribution in [3.63, 3.8) is 0 Å². The normalized spacial score (nSPS) is 10.2. The molecule has 8 nitrogen and oxygen atoms in total. The van der Waals surface area contributed by atoms with Gasteiger partial charge in [-0.15, -0.1) is 5.10 Å². The first kappa shape index (κ1) is 12.9. The number of hydrogen-bond acceptors (Lipinski definition) is 6. The van der Waals surface area contributed by atoms with Crippen LogP contribution in [0.5, 0.6) is 5.88 Å². The Kier molecular flexibility index (Phi) is 4.38. The third-order valence-electron chi connectivity index (χ3n) is 2.41. The van der Waals surface area contributed by atoms with Crippen LogP contribution in [0.2, 0.25) is 0 Å². The zero-order valence-electron chi connectivity index (χ0n) is 10.5. The second kappa shape index (κ2) is 6.43. The highest BCUT2D eigenvalue weighted by molar-refractivity contribution is 5.90. The molecule has 0 aromatic carbocycles. The van der Waals surface area contributed by atoms with Gasteiger partial charge in [0, 0.05) is 19.0 Å². The van der Waals surface area contributed by atoms with Gasteiger partial charge >= 0.3 is 0 Å². The quantitative estimate of drug-likeness (QED) is 0.814. The number of tetrazole rings is 1. The molecule has 0 spiro atoms. The molecule has 19 heavy (non-hydrogen) atoms. The number of amides is 1. The molecule has 0 radical (unpaired) electrons. The maximum absolute atomic E-state index is 11.7. The lowest BCUT2D eigenvalue weighted by Crippen LogP contribution is -2.12. The number of carbonyl (C=O) groups is 1. The van der Waals surface area contributed by atoms with Gasteiger partial charge in [-0.3, -0.25) is 4.79 Å². The molecule has 2 aromatic heterocycles. The highest BCUT2D eigenvalue weighted by Crippen LogP contribution is 2.11. The minimum atomic E-state index is -0.0694. The number of aryl methyl sites for hydroxylation is 1. The van der Waals surface area contributed by atoms with E-state index in [2.05, 4.69) is 25.8 Å². The van der Waals surface area contributed by atoms with Crippen molar-refractivity contribution in [1.82, 2.24) is 25.2 Å². The zero-order valence-corrected chi connectivity index (χ0v) is 10.5. The fourth-order valence-corrected chi connectivity index (χ4v) is 1.48. The lowest BCUT2D eigenvalue weighted by atomic mass is 10.3. The van der Waals surface area contributed by atoms with Gasteiger partial charge in [0.2, 0.25) is 11.8 Å². The summed E-state index contributed by atoms with van der Waals surface area (Å²) < 4.78 is 6.52. The zero-order chi connectivity index (χ0) is 13.5. The number of pyridine rings is 1. The van der Waals surface area contributed by atoms with Gasteiger partial charge in [0.15, 0.2) is 0 Å². The summed E-state index contributed by atoms with van der Waals surface area (Å²) in [5.74, 6) is 0.441. The first-order valence-corrected chi connectivity index (χ1v) is 5.78.